The molecule has 5 aromatic rings. The number of pyridine rings is 1. The van der Waals surface area contributed by atoms with Crippen LogP contribution in [-0.4, -0.2) is 45.7 Å². The van der Waals surface area contributed by atoms with Gasteiger partial charge in [0.15, 0.2) is 0 Å². The van der Waals surface area contributed by atoms with E-state index in [1.165, 1.54) is 22.0 Å². The molecule has 0 atom stereocenters. The zero-order chi connectivity index (χ0) is 26.5. The molecule has 1 N–H and O–H groups in total. The van der Waals surface area contributed by atoms with Crippen LogP contribution in [0.25, 0.3) is 34.0 Å². The average Bonchev–Trinajstić information content (AvgIpc) is 3.26. The van der Waals surface area contributed by atoms with Crippen molar-refractivity contribution in [3.63, 3.8) is 0 Å². The number of hydrogen-bond acceptors (Lipinski definition) is 3. The van der Waals surface area contributed by atoms with Crippen LogP contribution in [0.15, 0.2) is 85.1 Å². The van der Waals surface area contributed by atoms with Crippen molar-refractivity contribution in [3.05, 3.63) is 112 Å². The zero-order valence-electron chi connectivity index (χ0n) is 21.3. The first-order valence-electron chi connectivity index (χ1n) is 12.7. The first-order valence-corrected chi connectivity index (χ1v) is 13.1. The summed E-state index contributed by atoms with van der Waals surface area (Å²) in [5.41, 5.74) is 6.59. The fourth-order valence-corrected chi connectivity index (χ4v) is 4.90. The van der Waals surface area contributed by atoms with Crippen molar-refractivity contribution in [1.29, 1.82) is 0 Å². The molecule has 0 aliphatic heterocycles. The number of para-hydroxylation sites is 1. The van der Waals surface area contributed by atoms with Gasteiger partial charge >= 0.3 is 5.97 Å². The maximum absolute atomic E-state index is 10.9. The number of nitrogens with zero attached hydrogens (tertiary/aromatic N) is 3. The summed E-state index contributed by atoms with van der Waals surface area (Å²) in [5.74, 6) is -0.760. The Morgan fingerprint density at radius 2 is 1.84 bits per heavy atom. The number of carboxylic acids is 1. The molecule has 0 spiro atoms. The van der Waals surface area contributed by atoms with E-state index in [2.05, 4.69) is 76.3 Å². The molecule has 0 bridgehead atoms. The van der Waals surface area contributed by atoms with E-state index in [0.29, 0.717) is 11.6 Å². The molecule has 2 heterocycles. The van der Waals surface area contributed by atoms with Gasteiger partial charge in [0, 0.05) is 47.1 Å². The molecule has 3 aromatic carbocycles. The summed E-state index contributed by atoms with van der Waals surface area (Å²) in [6.45, 7) is 2.14. The van der Waals surface area contributed by atoms with Crippen LogP contribution in [0.3, 0.4) is 0 Å². The van der Waals surface area contributed by atoms with Crippen molar-refractivity contribution in [2.45, 2.75) is 19.4 Å². The molecule has 0 saturated heterocycles. The van der Waals surface area contributed by atoms with Crippen LogP contribution in [-0.2, 0) is 17.8 Å². The highest BCUT2D eigenvalue weighted by Gasteiger charge is 2.10. The summed E-state index contributed by atoms with van der Waals surface area (Å²) in [6, 6.07) is 26.9. The van der Waals surface area contributed by atoms with Gasteiger partial charge in [-0.05, 0) is 66.6 Å². The number of rotatable bonds is 10. The second-order valence-corrected chi connectivity index (χ2v) is 10.1. The van der Waals surface area contributed by atoms with Gasteiger partial charge in [0.05, 0.1) is 17.6 Å². The number of fused-ring (bicyclic) bond motifs is 2. The number of carbonyl (C=O) groups is 1. The second-order valence-electron chi connectivity index (χ2n) is 9.65. The first-order chi connectivity index (χ1) is 18.4. The van der Waals surface area contributed by atoms with Crippen LogP contribution >= 0.6 is 11.6 Å². The van der Waals surface area contributed by atoms with Gasteiger partial charge in [-0.2, -0.15) is 0 Å². The molecule has 0 saturated carbocycles. The number of likely N-dealkylation sites (N-methyl/N-ethyl adjacent to an activating group) is 1. The molecule has 0 radical (unpaired) electrons. The maximum Gasteiger partial charge on any atom is 0.304 e. The highest BCUT2D eigenvalue weighted by molar-refractivity contribution is 6.31. The Bertz CT molecular complexity index is 1620. The van der Waals surface area contributed by atoms with Gasteiger partial charge in [-0.25, -0.2) is 4.98 Å². The zero-order valence-corrected chi connectivity index (χ0v) is 22.1. The third-order valence-corrected chi connectivity index (χ3v) is 7.00. The normalized spacial score (nSPS) is 11.8. The summed E-state index contributed by atoms with van der Waals surface area (Å²) in [4.78, 5) is 17.7. The van der Waals surface area contributed by atoms with Gasteiger partial charge in [0.1, 0.15) is 0 Å². The van der Waals surface area contributed by atoms with Crippen molar-refractivity contribution in [3.8, 4) is 0 Å². The van der Waals surface area contributed by atoms with E-state index in [1.807, 2.05) is 37.4 Å². The summed E-state index contributed by atoms with van der Waals surface area (Å²) < 4.78 is 2.30. The predicted molar refractivity (Wildman–Crippen MR) is 157 cm³/mol. The average molecular weight is 524 g/mol. The smallest absolute Gasteiger partial charge is 0.304 e. The van der Waals surface area contributed by atoms with Crippen LogP contribution in [0.2, 0.25) is 5.02 Å². The summed E-state index contributed by atoms with van der Waals surface area (Å²) in [6.07, 6.45) is 7.39. The minimum Gasteiger partial charge on any atom is -0.481 e. The third kappa shape index (κ3) is 6.31. The topological polar surface area (TPSA) is 58.4 Å². The second kappa shape index (κ2) is 11.6. The van der Waals surface area contributed by atoms with Gasteiger partial charge in [-0.3, -0.25) is 4.79 Å². The molecule has 192 valence electrons. The predicted octanol–water partition coefficient (Wildman–Crippen LogP) is 7.01. The quantitative estimate of drug-likeness (QED) is 0.214. The molecule has 0 fully saturated rings. The van der Waals surface area contributed by atoms with E-state index < -0.39 is 5.97 Å². The maximum atomic E-state index is 10.9. The van der Waals surface area contributed by atoms with E-state index in [1.54, 1.807) is 0 Å². The SMILES string of the molecule is CN(CCC(=O)O)CCc1cn(Cc2cccc(/C=C/c3ccc4ccc(Cl)cc4n3)c2)c2ccccc12. The van der Waals surface area contributed by atoms with Crippen LogP contribution in [0.4, 0.5) is 0 Å². The minimum atomic E-state index is -0.760. The molecular weight excluding hydrogens is 494 g/mol. The first kappa shape index (κ1) is 25.7. The number of hydrogen-bond donors (Lipinski definition) is 1. The number of halogens is 1. The summed E-state index contributed by atoms with van der Waals surface area (Å²) >= 11 is 6.14. The van der Waals surface area contributed by atoms with Crippen LogP contribution in [0.5, 0.6) is 0 Å². The molecule has 0 unspecified atom stereocenters. The number of aromatic nitrogens is 2. The highest BCUT2D eigenvalue weighted by Crippen LogP contribution is 2.24. The fourth-order valence-electron chi connectivity index (χ4n) is 4.73. The molecule has 5 rings (SSSR count). The van der Waals surface area contributed by atoms with E-state index in [0.717, 1.165) is 41.7 Å². The lowest BCUT2D eigenvalue weighted by molar-refractivity contribution is -0.137. The van der Waals surface area contributed by atoms with E-state index in [4.69, 9.17) is 21.7 Å². The highest BCUT2D eigenvalue weighted by atomic mass is 35.5. The van der Waals surface area contributed by atoms with Gasteiger partial charge in [-0.1, -0.05) is 66.2 Å². The van der Waals surface area contributed by atoms with E-state index >= 15 is 0 Å². The minimum absolute atomic E-state index is 0.161. The Kier molecular flexibility index (Phi) is 7.87. The molecule has 38 heavy (non-hydrogen) atoms. The van der Waals surface area contributed by atoms with E-state index in [-0.39, 0.29) is 6.42 Å². The largest absolute Gasteiger partial charge is 0.481 e. The van der Waals surface area contributed by atoms with Crippen molar-refractivity contribution >= 4 is 51.5 Å². The molecule has 0 aliphatic rings. The van der Waals surface area contributed by atoms with Crippen LogP contribution < -0.4 is 0 Å². The molecule has 0 aliphatic carbocycles. The molecule has 0 amide bonds. The Morgan fingerprint density at radius 1 is 1.00 bits per heavy atom. The van der Waals surface area contributed by atoms with Crippen LogP contribution in [0, 0.1) is 0 Å². The summed E-state index contributed by atoms with van der Waals surface area (Å²) in [5, 5.41) is 12.0. The van der Waals surface area contributed by atoms with Crippen molar-refractivity contribution < 1.29 is 9.90 Å². The summed E-state index contributed by atoms with van der Waals surface area (Å²) in [7, 11) is 1.98. The molecule has 6 heteroatoms. The Balaban J connectivity index is 1.32. The van der Waals surface area contributed by atoms with Crippen molar-refractivity contribution in [2.24, 2.45) is 0 Å². The Hall–Kier alpha value is -3.93. The molecule has 2 aromatic heterocycles. The Labute approximate surface area is 227 Å². The van der Waals surface area contributed by atoms with Crippen molar-refractivity contribution in [2.75, 3.05) is 20.1 Å². The Morgan fingerprint density at radius 3 is 2.71 bits per heavy atom. The molecular formula is C32H30ClN3O2. The van der Waals surface area contributed by atoms with Gasteiger partial charge in [0.2, 0.25) is 0 Å². The lowest BCUT2D eigenvalue weighted by Gasteiger charge is -2.14. The lowest BCUT2D eigenvalue weighted by atomic mass is 10.1. The van der Waals surface area contributed by atoms with Gasteiger partial charge < -0.3 is 14.6 Å². The lowest BCUT2D eigenvalue weighted by Crippen LogP contribution is -2.24. The van der Waals surface area contributed by atoms with Crippen LogP contribution in [0.1, 0.15) is 28.8 Å². The third-order valence-electron chi connectivity index (χ3n) is 6.77. The fraction of sp³-hybridized carbons (Fsp3) is 0.188. The monoisotopic (exact) mass is 523 g/mol. The molecule has 5 nitrogen and oxygen atoms in total. The standard InChI is InChI=1S/C32H30ClN3O2/c1-35(18-16-32(37)38)17-15-26-22-36(31-8-3-2-7-29(26)31)21-24-6-4-5-23(19-24)9-13-28-14-11-25-10-12-27(33)20-30(25)34-28/h2-14,19-20,22H,15-18,21H2,1H3,(H,37,38)/b13-9+. The van der Waals surface area contributed by atoms with Crippen molar-refractivity contribution in [1.82, 2.24) is 14.5 Å². The number of benzene rings is 3. The van der Waals surface area contributed by atoms with Gasteiger partial charge in [0.25, 0.3) is 0 Å². The number of aliphatic carboxylic acids is 1. The number of carboxylic acid groups (broad SMARTS) is 1. The van der Waals surface area contributed by atoms with E-state index in [9.17, 15) is 4.79 Å². The van der Waals surface area contributed by atoms with Gasteiger partial charge in [-0.15, -0.1) is 0 Å².